The molecule has 0 aliphatic heterocycles. The minimum atomic E-state index is -4.01. The second kappa shape index (κ2) is 6.96. The number of nitrogens with zero attached hydrogens (tertiary/aromatic N) is 2. The Labute approximate surface area is 124 Å². The number of nitrogens with two attached hydrogens (primary N) is 1. The van der Waals surface area contributed by atoms with Gasteiger partial charge in [-0.15, -0.1) is 0 Å². The second-order valence-electron chi connectivity index (χ2n) is 4.63. The van der Waals surface area contributed by atoms with Gasteiger partial charge in [0.1, 0.15) is 0 Å². The Morgan fingerprint density at radius 1 is 1.38 bits per heavy atom. The molecule has 0 atom stereocenters. The average Bonchev–Trinajstić information content (AvgIpc) is 2.32. The van der Waals surface area contributed by atoms with Crippen molar-refractivity contribution in [2.75, 3.05) is 17.9 Å². The lowest BCUT2D eigenvalue weighted by Crippen LogP contribution is -2.37. The van der Waals surface area contributed by atoms with E-state index in [0.29, 0.717) is 5.56 Å². The van der Waals surface area contributed by atoms with Crippen molar-refractivity contribution < 1.29 is 16.8 Å². The van der Waals surface area contributed by atoms with Crippen LogP contribution in [-0.2, 0) is 26.4 Å². The first-order valence-corrected chi connectivity index (χ1v) is 9.64. The second-order valence-corrected chi connectivity index (χ2v) is 9.10. The topological polar surface area (TPSA) is 134 Å². The van der Waals surface area contributed by atoms with Crippen molar-refractivity contribution in [3.8, 4) is 0 Å². The summed E-state index contributed by atoms with van der Waals surface area (Å²) in [7, 11) is -7.70. The van der Waals surface area contributed by atoms with Crippen molar-refractivity contribution in [3.05, 3.63) is 30.1 Å². The number of rotatable bonds is 8. The molecule has 0 saturated heterocycles. The zero-order chi connectivity index (χ0) is 16.1. The minimum Gasteiger partial charge on any atom is -0.388 e. The van der Waals surface area contributed by atoms with Gasteiger partial charge >= 0.3 is 0 Å². The average molecular weight is 334 g/mol. The van der Waals surface area contributed by atoms with E-state index in [9.17, 15) is 16.8 Å². The molecule has 0 unspecified atom stereocenters. The molecule has 118 valence electrons. The van der Waals surface area contributed by atoms with Crippen LogP contribution >= 0.6 is 0 Å². The summed E-state index contributed by atoms with van der Waals surface area (Å²) in [5, 5.41) is 6.20. The Balaban J connectivity index is 2.98. The van der Waals surface area contributed by atoms with Crippen LogP contribution < -0.4 is 5.73 Å². The van der Waals surface area contributed by atoms with E-state index in [0.717, 1.165) is 10.6 Å². The highest BCUT2D eigenvalue weighted by molar-refractivity contribution is 8.06. The van der Waals surface area contributed by atoms with Gasteiger partial charge in [0.05, 0.1) is 5.84 Å². The summed E-state index contributed by atoms with van der Waals surface area (Å²) in [5.41, 5.74) is 5.86. The van der Waals surface area contributed by atoms with Crippen LogP contribution in [0.4, 0.5) is 0 Å². The largest absolute Gasteiger partial charge is 0.388 e. The van der Waals surface area contributed by atoms with E-state index >= 15 is 0 Å². The van der Waals surface area contributed by atoms with Gasteiger partial charge in [-0.25, -0.2) is 16.8 Å². The molecule has 8 nitrogen and oxygen atoms in total. The van der Waals surface area contributed by atoms with Crippen molar-refractivity contribution in [2.24, 2.45) is 5.73 Å². The fourth-order valence-corrected chi connectivity index (χ4v) is 5.08. The predicted octanol–water partition coefficient (Wildman–Crippen LogP) is -0.458. The summed E-state index contributed by atoms with van der Waals surface area (Å²) in [6.45, 7) is -0.0684. The Kier molecular flexibility index (Phi) is 5.81. The maximum atomic E-state index is 12.2. The molecule has 3 N–H and O–H groups in total. The fourth-order valence-electron chi connectivity index (χ4n) is 1.60. The third kappa shape index (κ3) is 6.65. The summed E-state index contributed by atoms with van der Waals surface area (Å²) in [5.74, 6) is -0.166. The van der Waals surface area contributed by atoms with Gasteiger partial charge in [0.25, 0.3) is 0 Å². The van der Waals surface area contributed by atoms with Gasteiger partial charge in [0, 0.05) is 38.2 Å². The van der Waals surface area contributed by atoms with E-state index in [2.05, 4.69) is 4.98 Å². The lowest BCUT2D eigenvalue weighted by Gasteiger charge is -2.21. The summed E-state index contributed by atoms with van der Waals surface area (Å²) in [4.78, 5) is 3.88. The van der Waals surface area contributed by atoms with E-state index < -0.39 is 24.9 Å². The standard InChI is InChI=1S/C11H18N4O4S2/c1-20(16,17)9-21(18,19)15(6-4-11(12)13)8-10-3-2-5-14-7-10/h2-3,5,7H,4,6,8-9H2,1H3,(H3,12,13). The van der Waals surface area contributed by atoms with Gasteiger partial charge < -0.3 is 5.73 Å². The van der Waals surface area contributed by atoms with Gasteiger partial charge in [-0.2, -0.15) is 4.31 Å². The molecule has 1 heterocycles. The molecule has 1 aromatic rings. The van der Waals surface area contributed by atoms with Crippen LogP contribution in [0.25, 0.3) is 0 Å². The normalized spacial score (nSPS) is 12.5. The molecule has 0 aromatic carbocycles. The smallest absolute Gasteiger partial charge is 0.228 e. The zero-order valence-electron chi connectivity index (χ0n) is 11.6. The molecule has 0 bridgehead atoms. The number of sulfonamides is 1. The predicted molar refractivity (Wildman–Crippen MR) is 79.8 cm³/mol. The highest BCUT2D eigenvalue weighted by atomic mass is 32.3. The van der Waals surface area contributed by atoms with Crippen molar-refractivity contribution in [1.82, 2.24) is 9.29 Å². The van der Waals surface area contributed by atoms with Gasteiger partial charge in [0.2, 0.25) is 10.0 Å². The SMILES string of the molecule is CS(=O)(=O)CS(=O)(=O)N(CCC(=N)N)Cc1cccnc1. The van der Waals surface area contributed by atoms with Crippen molar-refractivity contribution in [3.63, 3.8) is 0 Å². The molecular weight excluding hydrogens is 316 g/mol. The van der Waals surface area contributed by atoms with Gasteiger partial charge in [-0.05, 0) is 11.6 Å². The van der Waals surface area contributed by atoms with E-state index in [4.69, 9.17) is 11.1 Å². The summed E-state index contributed by atoms with van der Waals surface area (Å²) in [6, 6.07) is 3.34. The maximum absolute atomic E-state index is 12.2. The maximum Gasteiger partial charge on any atom is 0.228 e. The minimum absolute atomic E-state index is 0.0149. The number of aromatic nitrogens is 1. The van der Waals surface area contributed by atoms with Crippen molar-refractivity contribution >= 4 is 25.7 Å². The molecule has 0 radical (unpaired) electrons. The Bertz CT molecular complexity index is 686. The molecule has 1 rings (SSSR count). The van der Waals surface area contributed by atoms with Crippen LogP contribution in [0, 0.1) is 5.41 Å². The van der Waals surface area contributed by atoms with Crippen molar-refractivity contribution in [2.45, 2.75) is 13.0 Å². The Hall–Kier alpha value is -1.52. The van der Waals surface area contributed by atoms with Gasteiger partial charge in [-0.3, -0.25) is 10.4 Å². The van der Waals surface area contributed by atoms with Gasteiger partial charge in [0.15, 0.2) is 14.9 Å². The highest BCUT2D eigenvalue weighted by Crippen LogP contribution is 2.11. The Morgan fingerprint density at radius 3 is 2.52 bits per heavy atom. The molecule has 0 saturated carbocycles. The molecule has 0 aliphatic rings. The van der Waals surface area contributed by atoms with E-state index in [-0.39, 0.29) is 25.3 Å². The number of pyridine rings is 1. The number of hydrogen-bond acceptors (Lipinski definition) is 6. The fraction of sp³-hybridized carbons (Fsp3) is 0.455. The van der Waals surface area contributed by atoms with Crippen LogP contribution in [0.1, 0.15) is 12.0 Å². The third-order valence-electron chi connectivity index (χ3n) is 2.47. The van der Waals surface area contributed by atoms with Crippen LogP contribution in [0.15, 0.2) is 24.5 Å². The van der Waals surface area contributed by atoms with Crippen LogP contribution in [0.5, 0.6) is 0 Å². The van der Waals surface area contributed by atoms with Crippen LogP contribution in [-0.4, -0.2) is 49.8 Å². The quantitative estimate of drug-likeness (QED) is 0.488. The first kappa shape index (κ1) is 17.5. The first-order chi connectivity index (χ1) is 9.60. The van der Waals surface area contributed by atoms with E-state index in [1.165, 1.54) is 6.20 Å². The number of nitrogens with one attached hydrogen (secondary N) is 1. The molecule has 0 fully saturated rings. The van der Waals surface area contributed by atoms with E-state index in [1.807, 2.05) is 0 Å². The summed E-state index contributed by atoms with van der Waals surface area (Å²) in [6.07, 6.45) is 3.94. The molecule has 0 amide bonds. The summed E-state index contributed by atoms with van der Waals surface area (Å²) >= 11 is 0. The lowest BCUT2D eigenvalue weighted by molar-refractivity contribution is 0.417. The molecular formula is C11H18N4O4S2. The zero-order valence-corrected chi connectivity index (χ0v) is 13.2. The first-order valence-electron chi connectivity index (χ1n) is 5.97. The lowest BCUT2D eigenvalue weighted by atomic mass is 10.3. The number of amidine groups is 1. The van der Waals surface area contributed by atoms with Crippen LogP contribution in [0.3, 0.4) is 0 Å². The monoisotopic (exact) mass is 334 g/mol. The van der Waals surface area contributed by atoms with Crippen molar-refractivity contribution in [1.29, 1.82) is 5.41 Å². The van der Waals surface area contributed by atoms with Crippen LogP contribution in [0.2, 0.25) is 0 Å². The van der Waals surface area contributed by atoms with E-state index in [1.54, 1.807) is 18.3 Å². The number of sulfone groups is 1. The third-order valence-corrected chi connectivity index (χ3v) is 6.47. The molecule has 1 aromatic heterocycles. The molecule has 21 heavy (non-hydrogen) atoms. The Morgan fingerprint density at radius 2 is 2.05 bits per heavy atom. The molecule has 0 aliphatic carbocycles. The number of hydrogen-bond donors (Lipinski definition) is 2. The summed E-state index contributed by atoms with van der Waals surface area (Å²) < 4.78 is 47.9. The van der Waals surface area contributed by atoms with Gasteiger partial charge in [-0.1, -0.05) is 6.07 Å². The molecule has 10 heteroatoms. The highest BCUT2D eigenvalue weighted by Gasteiger charge is 2.26. The molecule has 0 spiro atoms.